The smallest absolute Gasteiger partial charge is 0.475 e. The monoisotopic (exact) mass is 498 g/mol. The second-order valence-electron chi connectivity index (χ2n) is 7.46. The normalized spacial score (nSPS) is 10.7. The molecule has 9 nitrogen and oxygen atoms in total. The molecule has 36 heavy (non-hydrogen) atoms. The number of anilines is 3. The highest BCUT2D eigenvalue weighted by Gasteiger charge is 2.38. The highest BCUT2D eigenvalue weighted by Crippen LogP contribution is 2.22. The molecule has 3 heterocycles. The summed E-state index contributed by atoms with van der Waals surface area (Å²) in [5.74, 6) is -2.44. The van der Waals surface area contributed by atoms with Crippen molar-refractivity contribution in [1.29, 1.82) is 0 Å². The minimum absolute atomic E-state index is 0.201. The van der Waals surface area contributed by atoms with Crippen LogP contribution in [0.5, 0.6) is 0 Å². The van der Waals surface area contributed by atoms with Gasteiger partial charge in [-0.25, -0.2) is 14.8 Å². The Morgan fingerprint density at radius 1 is 0.917 bits per heavy atom. The van der Waals surface area contributed by atoms with Crippen LogP contribution in [0.1, 0.15) is 16.2 Å². The zero-order valence-electron chi connectivity index (χ0n) is 19.1. The molecule has 186 valence electrons. The number of aliphatic carboxylic acids is 1. The fraction of sp³-hybridized carbons (Fsp3) is 0.125. The van der Waals surface area contributed by atoms with E-state index >= 15 is 0 Å². The summed E-state index contributed by atoms with van der Waals surface area (Å²) in [6, 6.07) is 15.2. The van der Waals surface area contributed by atoms with Crippen LogP contribution in [-0.2, 0) is 11.8 Å². The Morgan fingerprint density at radius 3 is 2.11 bits per heavy atom. The lowest BCUT2D eigenvalue weighted by atomic mass is 10.2. The predicted octanol–water partition coefficient (Wildman–Crippen LogP) is 4.81. The summed E-state index contributed by atoms with van der Waals surface area (Å²) in [6.45, 7) is 1.90. The molecule has 0 fully saturated rings. The van der Waals surface area contributed by atoms with Gasteiger partial charge in [0.25, 0.3) is 5.91 Å². The number of carbonyl (C=O) groups is 2. The van der Waals surface area contributed by atoms with Crippen LogP contribution in [0.3, 0.4) is 0 Å². The highest BCUT2D eigenvalue weighted by atomic mass is 19.4. The number of aromatic nitrogens is 4. The molecule has 3 aromatic heterocycles. The van der Waals surface area contributed by atoms with Gasteiger partial charge < -0.3 is 20.3 Å². The van der Waals surface area contributed by atoms with Gasteiger partial charge in [-0.1, -0.05) is 18.2 Å². The van der Waals surface area contributed by atoms with Crippen LogP contribution < -0.4 is 10.6 Å². The summed E-state index contributed by atoms with van der Waals surface area (Å²) in [6.07, 6.45) is 1.91. The molecule has 3 N–H and O–H groups in total. The first kappa shape index (κ1) is 25.9. The molecule has 1 amide bonds. The van der Waals surface area contributed by atoms with Gasteiger partial charge in [0.2, 0.25) is 5.95 Å². The topological polar surface area (TPSA) is 122 Å². The number of aryl methyl sites for hydroxylation is 2. The van der Waals surface area contributed by atoms with Crippen LogP contribution in [0.4, 0.5) is 30.5 Å². The van der Waals surface area contributed by atoms with Crippen LogP contribution in [0.25, 0.3) is 11.1 Å². The molecule has 12 heteroatoms. The zero-order chi connectivity index (χ0) is 26.3. The van der Waals surface area contributed by atoms with Crippen LogP contribution in [-0.4, -0.2) is 42.7 Å². The fourth-order valence-electron chi connectivity index (χ4n) is 2.88. The first-order valence-electron chi connectivity index (χ1n) is 10.4. The van der Waals surface area contributed by atoms with Crippen molar-refractivity contribution in [2.24, 2.45) is 7.05 Å². The number of halogens is 3. The first-order chi connectivity index (χ1) is 17.0. The van der Waals surface area contributed by atoms with Gasteiger partial charge >= 0.3 is 12.1 Å². The third-order valence-corrected chi connectivity index (χ3v) is 4.66. The van der Waals surface area contributed by atoms with Crippen molar-refractivity contribution in [1.82, 2.24) is 19.5 Å². The summed E-state index contributed by atoms with van der Waals surface area (Å²) < 4.78 is 33.5. The summed E-state index contributed by atoms with van der Waals surface area (Å²) >= 11 is 0. The number of rotatable bonds is 5. The molecule has 4 rings (SSSR count). The maximum atomic E-state index is 12.6. The van der Waals surface area contributed by atoms with Gasteiger partial charge in [0.05, 0.1) is 11.9 Å². The molecule has 0 bridgehead atoms. The molecule has 4 aromatic rings. The van der Waals surface area contributed by atoms with Crippen LogP contribution in [0, 0.1) is 6.92 Å². The van der Waals surface area contributed by atoms with Gasteiger partial charge in [0, 0.05) is 48.1 Å². The van der Waals surface area contributed by atoms with Gasteiger partial charge in [-0.05, 0) is 37.3 Å². The molecule has 0 saturated heterocycles. The lowest BCUT2D eigenvalue weighted by Gasteiger charge is -2.05. The number of carboxylic acids is 1. The fourth-order valence-corrected chi connectivity index (χ4v) is 2.88. The largest absolute Gasteiger partial charge is 0.490 e. The van der Waals surface area contributed by atoms with Crippen molar-refractivity contribution in [3.63, 3.8) is 0 Å². The van der Waals surface area contributed by atoms with E-state index in [1.165, 1.54) is 0 Å². The van der Waals surface area contributed by atoms with Crippen LogP contribution in [0.2, 0.25) is 0 Å². The van der Waals surface area contributed by atoms with E-state index in [1.54, 1.807) is 23.2 Å². The molecular weight excluding hydrogens is 477 g/mol. The van der Waals surface area contributed by atoms with Crippen molar-refractivity contribution < 1.29 is 27.9 Å². The molecule has 1 aromatic carbocycles. The van der Waals surface area contributed by atoms with Crippen LogP contribution in [0.15, 0.2) is 73.3 Å². The van der Waals surface area contributed by atoms with E-state index in [1.807, 2.05) is 68.7 Å². The number of nitrogens with zero attached hydrogens (tertiary/aromatic N) is 4. The Labute approximate surface area is 203 Å². The summed E-state index contributed by atoms with van der Waals surface area (Å²) in [4.78, 5) is 34.5. The third kappa shape index (κ3) is 7.13. The molecule has 0 aliphatic heterocycles. The molecule has 0 aliphatic rings. The van der Waals surface area contributed by atoms with Gasteiger partial charge in [0.15, 0.2) is 0 Å². The SMILES string of the molecule is Cc1ccc(NC(=O)c2cc(-c3cnc(Nc4ccccc4)nc3)cn2C)cn1.O=C(O)C(F)(F)F. The number of hydrogen-bond donors (Lipinski definition) is 3. The van der Waals surface area contributed by atoms with Crippen molar-refractivity contribution >= 4 is 29.2 Å². The van der Waals surface area contributed by atoms with Gasteiger partial charge in [-0.2, -0.15) is 13.2 Å². The van der Waals surface area contributed by atoms with Gasteiger partial charge in [0.1, 0.15) is 5.69 Å². The number of hydrogen-bond acceptors (Lipinski definition) is 6. The number of benzene rings is 1. The first-order valence-corrected chi connectivity index (χ1v) is 10.4. The average Bonchev–Trinajstić information content (AvgIpc) is 3.23. The van der Waals surface area contributed by atoms with Crippen molar-refractivity contribution in [2.45, 2.75) is 13.1 Å². The second-order valence-corrected chi connectivity index (χ2v) is 7.46. The number of amides is 1. The maximum Gasteiger partial charge on any atom is 0.490 e. The number of alkyl halides is 3. The molecule has 0 aliphatic carbocycles. The number of para-hydroxylation sites is 1. The van der Waals surface area contributed by atoms with Gasteiger partial charge in [-0.15, -0.1) is 0 Å². The quantitative estimate of drug-likeness (QED) is 0.361. The Balaban J connectivity index is 0.000000454. The number of nitrogens with one attached hydrogen (secondary N) is 2. The van der Waals surface area contributed by atoms with E-state index < -0.39 is 12.1 Å². The van der Waals surface area contributed by atoms with E-state index in [0.717, 1.165) is 22.5 Å². The lowest BCUT2D eigenvalue weighted by Crippen LogP contribution is -2.21. The molecule has 0 atom stereocenters. The molecule has 0 radical (unpaired) electrons. The predicted molar refractivity (Wildman–Crippen MR) is 127 cm³/mol. The van der Waals surface area contributed by atoms with E-state index in [9.17, 15) is 18.0 Å². The molecule has 0 saturated carbocycles. The minimum Gasteiger partial charge on any atom is -0.475 e. The van der Waals surface area contributed by atoms with E-state index in [2.05, 4.69) is 25.6 Å². The summed E-state index contributed by atoms with van der Waals surface area (Å²) in [5.41, 5.74) is 4.70. The summed E-state index contributed by atoms with van der Waals surface area (Å²) in [7, 11) is 1.83. The summed E-state index contributed by atoms with van der Waals surface area (Å²) in [5, 5.41) is 13.1. The minimum atomic E-state index is -5.08. The second kappa shape index (κ2) is 11.1. The number of carboxylic acid groups (broad SMARTS) is 1. The van der Waals surface area contributed by atoms with Crippen LogP contribution >= 0.6 is 0 Å². The van der Waals surface area contributed by atoms with Gasteiger partial charge in [-0.3, -0.25) is 9.78 Å². The molecule has 0 spiro atoms. The Hall–Kier alpha value is -4.74. The number of carbonyl (C=O) groups excluding carboxylic acids is 1. The Bertz CT molecular complexity index is 1320. The Morgan fingerprint density at radius 2 is 1.56 bits per heavy atom. The van der Waals surface area contributed by atoms with E-state index in [0.29, 0.717) is 17.3 Å². The standard InChI is InChI=1S/C22H20N6O.C2HF3O2/c1-15-8-9-19(13-23-15)26-21(29)20-10-16(14-28(20)2)17-11-24-22(25-12-17)27-18-6-4-3-5-7-18;3-2(4,5)1(6)7/h3-14H,1-2H3,(H,26,29)(H,24,25,27);(H,6,7). The molecule has 0 unspecified atom stereocenters. The molecular formula is C24H21F3N6O3. The zero-order valence-corrected chi connectivity index (χ0v) is 19.1. The maximum absolute atomic E-state index is 12.6. The van der Waals surface area contributed by atoms with Crippen molar-refractivity contribution in [3.8, 4) is 11.1 Å². The van der Waals surface area contributed by atoms with Crippen molar-refractivity contribution in [2.75, 3.05) is 10.6 Å². The third-order valence-electron chi connectivity index (χ3n) is 4.66. The lowest BCUT2D eigenvalue weighted by molar-refractivity contribution is -0.192. The average molecular weight is 498 g/mol. The number of pyridine rings is 1. The van der Waals surface area contributed by atoms with E-state index in [-0.39, 0.29) is 5.91 Å². The van der Waals surface area contributed by atoms with E-state index in [4.69, 9.17) is 9.90 Å². The van der Waals surface area contributed by atoms with Crippen molar-refractivity contribution in [3.05, 3.63) is 84.7 Å². The highest BCUT2D eigenvalue weighted by molar-refractivity contribution is 6.04. The Kier molecular flexibility index (Phi) is 8.00.